The van der Waals surface area contributed by atoms with Gasteiger partial charge in [0.1, 0.15) is 0 Å². The third-order valence-electron chi connectivity index (χ3n) is 4.13. The molecule has 1 unspecified atom stereocenters. The molecule has 7 heteroatoms. The van der Waals surface area contributed by atoms with Crippen molar-refractivity contribution in [2.24, 2.45) is 5.41 Å². The highest BCUT2D eigenvalue weighted by atomic mass is 28.3. The third-order valence-corrected chi connectivity index (χ3v) is 6.69. The lowest BCUT2D eigenvalue weighted by atomic mass is 9.88. The maximum absolute atomic E-state index is 12.4. The molecule has 152 valence electrons. The number of nitrogens with one attached hydrogen (secondary N) is 1. The fourth-order valence-electron chi connectivity index (χ4n) is 1.99. The Bertz CT molecular complexity index is 495. The summed E-state index contributed by atoms with van der Waals surface area (Å²) in [7, 11) is 0.127. The molecule has 0 aliphatic rings. The van der Waals surface area contributed by atoms with Crippen molar-refractivity contribution in [3.8, 4) is 0 Å². The summed E-state index contributed by atoms with van der Waals surface area (Å²) in [5, 5.41) is 2.83. The van der Waals surface area contributed by atoms with Gasteiger partial charge in [-0.2, -0.15) is 0 Å². The third kappa shape index (κ3) is 11.2. The van der Waals surface area contributed by atoms with Gasteiger partial charge in [0.15, 0.2) is 0 Å². The molecule has 0 aromatic heterocycles. The number of carbonyl (C=O) groups is 2. The highest BCUT2D eigenvalue weighted by Gasteiger charge is 2.28. The van der Waals surface area contributed by atoms with E-state index in [0.29, 0.717) is 12.3 Å². The molecule has 0 rings (SSSR count). The highest BCUT2D eigenvalue weighted by Crippen LogP contribution is 2.22. The zero-order valence-corrected chi connectivity index (χ0v) is 19.1. The summed E-state index contributed by atoms with van der Waals surface area (Å²) < 4.78 is 10.6. The Morgan fingerprint density at radius 1 is 1.23 bits per heavy atom. The number of ether oxygens (including phenoxy) is 2. The van der Waals surface area contributed by atoms with E-state index in [4.69, 9.17) is 9.47 Å². The standard InChI is InChI=1S/C19H38N2O4Si/c1-14(2)24-17(22)20-16(11-12-19(4,5)6)13-21(7)18(23)25-15(3)26(8,9)10/h15-16H,1,11-13H2,2-10H3,(H,20,22)/t15-,16?/m0/s1. The lowest BCUT2D eigenvalue weighted by Gasteiger charge is -2.30. The fraction of sp³-hybridized carbons (Fsp3) is 0.789. The van der Waals surface area contributed by atoms with Crippen LogP contribution in [0, 0.1) is 5.41 Å². The molecule has 26 heavy (non-hydrogen) atoms. The van der Waals surface area contributed by atoms with E-state index in [1.165, 1.54) is 4.90 Å². The molecule has 0 saturated carbocycles. The molecular weight excluding hydrogens is 348 g/mol. The van der Waals surface area contributed by atoms with Gasteiger partial charge in [-0.1, -0.05) is 47.0 Å². The quantitative estimate of drug-likeness (QED) is 0.482. The van der Waals surface area contributed by atoms with Crippen molar-refractivity contribution in [2.75, 3.05) is 13.6 Å². The number of likely N-dealkylation sites (N-methyl/N-ethyl adjacent to an activating group) is 1. The number of hydrogen-bond acceptors (Lipinski definition) is 4. The zero-order chi connectivity index (χ0) is 20.7. The van der Waals surface area contributed by atoms with Crippen molar-refractivity contribution in [3.63, 3.8) is 0 Å². The largest absolute Gasteiger partial charge is 0.450 e. The van der Waals surface area contributed by atoms with Gasteiger partial charge in [0.25, 0.3) is 0 Å². The predicted molar refractivity (Wildman–Crippen MR) is 109 cm³/mol. The molecule has 2 amide bonds. The van der Waals surface area contributed by atoms with Crippen molar-refractivity contribution in [1.29, 1.82) is 0 Å². The molecular formula is C19H38N2O4Si. The van der Waals surface area contributed by atoms with Gasteiger partial charge >= 0.3 is 12.2 Å². The van der Waals surface area contributed by atoms with Crippen molar-refractivity contribution < 1.29 is 19.1 Å². The van der Waals surface area contributed by atoms with Gasteiger partial charge in [-0.3, -0.25) is 0 Å². The number of allylic oxidation sites excluding steroid dienone is 1. The summed E-state index contributed by atoms with van der Waals surface area (Å²) in [6, 6.07) is -0.221. The summed E-state index contributed by atoms with van der Waals surface area (Å²) in [4.78, 5) is 25.8. The summed E-state index contributed by atoms with van der Waals surface area (Å²) >= 11 is 0. The maximum atomic E-state index is 12.4. The second kappa shape index (κ2) is 9.99. The Hall–Kier alpha value is -1.50. The molecule has 0 aromatic carbocycles. The van der Waals surface area contributed by atoms with E-state index in [1.807, 2.05) is 6.92 Å². The minimum atomic E-state index is -1.56. The van der Waals surface area contributed by atoms with E-state index in [0.717, 1.165) is 12.8 Å². The number of alkyl carbamates (subject to hydrolysis) is 1. The topological polar surface area (TPSA) is 67.9 Å². The predicted octanol–water partition coefficient (Wildman–Crippen LogP) is 4.78. The minimum Gasteiger partial charge on any atom is -0.450 e. The molecule has 0 spiro atoms. The van der Waals surface area contributed by atoms with Gasteiger partial charge in [0.2, 0.25) is 0 Å². The van der Waals surface area contributed by atoms with Gasteiger partial charge in [0, 0.05) is 19.6 Å². The zero-order valence-electron chi connectivity index (χ0n) is 18.1. The van der Waals surface area contributed by atoms with Crippen LogP contribution in [-0.4, -0.2) is 50.5 Å². The first-order valence-electron chi connectivity index (χ1n) is 9.17. The Kier molecular flexibility index (Phi) is 9.42. The van der Waals surface area contributed by atoms with E-state index < -0.39 is 14.2 Å². The highest BCUT2D eigenvalue weighted by molar-refractivity contribution is 6.77. The smallest absolute Gasteiger partial charge is 0.412 e. The summed E-state index contributed by atoms with van der Waals surface area (Å²) in [5.74, 6) is 0.328. The Morgan fingerprint density at radius 2 is 1.77 bits per heavy atom. The summed E-state index contributed by atoms with van der Waals surface area (Å²) in [5.41, 5.74) is 0.0516. The normalized spacial score (nSPS) is 14.2. The molecule has 0 heterocycles. The number of rotatable bonds is 8. The van der Waals surface area contributed by atoms with Crippen LogP contribution < -0.4 is 5.32 Å². The maximum Gasteiger partial charge on any atom is 0.412 e. The molecule has 1 N–H and O–H groups in total. The van der Waals surface area contributed by atoms with Crippen LogP contribution in [0.15, 0.2) is 12.3 Å². The van der Waals surface area contributed by atoms with Gasteiger partial charge in [-0.05, 0) is 32.1 Å². The summed E-state index contributed by atoms with van der Waals surface area (Å²) in [6.45, 7) is 20.4. The Balaban J connectivity index is 4.88. The number of amides is 2. The van der Waals surface area contributed by atoms with Crippen molar-refractivity contribution in [2.45, 2.75) is 78.9 Å². The second-order valence-electron chi connectivity index (χ2n) is 9.30. The number of nitrogens with zero attached hydrogens (tertiary/aromatic N) is 1. The van der Waals surface area contributed by atoms with Crippen LogP contribution in [0.4, 0.5) is 9.59 Å². The monoisotopic (exact) mass is 386 g/mol. The first kappa shape index (κ1) is 24.5. The molecule has 0 aliphatic heterocycles. The molecule has 0 aliphatic carbocycles. The SMILES string of the molecule is C=C(C)OC(=O)NC(CCC(C)(C)C)CN(C)C(=O)O[C@H](C)[Si](C)(C)C. The van der Waals surface area contributed by atoms with Gasteiger partial charge < -0.3 is 19.7 Å². The summed E-state index contributed by atoms with van der Waals surface area (Å²) in [6.07, 6.45) is 0.722. The average Bonchev–Trinajstić information content (AvgIpc) is 2.41. The van der Waals surface area contributed by atoms with Crippen LogP contribution in [0.5, 0.6) is 0 Å². The van der Waals surface area contributed by atoms with E-state index in [9.17, 15) is 9.59 Å². The van der Waals surface area contributed by atoms with Crippen LogP contribution in [0.2, 0.25) is 19.6 Å². The van der Waals surface area contributed by atoms with Crippen LogP contribution in [0.1, 0.15) is 47.5 Å². The number of carbonyl (C=O) groups excluding carboxylic acids is 2. The molecule has 0 aromatic rings. The molecule has 0 bridgehead atoms. The van der Waals surface area contributed by atoms with Crippen LogP contribution in [-0.2, 0) is 9.47 Å². The van der Waals surface area contributed by atoms with Crippen LogP contribution in [0.3, 0.4) is 0 Å². The van der Waals surface area contributed by atoms with E-state index in [1.54, 1.807) is 14.0 Å². The van der Waals surface area contributed by atoms with E-state index in [-0.39, 0.29) is 23.3 Å². The Labute approximate surface area is 160 Å². The van der Waals surface area contributed by atoms with E-state index in [2.05, 4.69) is 52.3 Å². The van der Waals surface area contributed by atoms with Crippen molar-refractivity contribution >= 4 is 20.3 Å². The first-order chi connectivity index (χ1) is 11.6. The second-order valence-corrected chi connectivity index (χ2v) is 14.8. The number of hydrogen-bond donors (Lipinski definition) is 1. The van der Waals surface area contributed by atoms with Crippen LogP contribution in [0.25, 0.3) is 0 Å². The molecule has 0 fully saturated rings. The first-order valence-corrected chi connectivity index (χ1v) is 12.7. The van der Waals surface area contributed by atoms with Gasteiger partial charge in [-0.15, -0.1) is 0 Å². The van der Waals surface area contributed by atoms with Crippen molar-refractivity contribution in [1.82, 2.24) is 10.2 Å². The van der Waals surface area contributed by atoms with Crippen molar-refractivity contribution in [3.05, 3.63) is 12.3 Å². The molecule has 6 nitrogen and oxygen atoms in total. The van der Waals surface area contributed by atoms with Gasteiger partial charge in [0.05, 0.1) is 19.6 Å². The van der Waals surface area contributed by atoms with E-state index >= 15 is 0 Å². The molecule has 2 atom stereocenters. The molecule has 0 saturated heterocycles. The van der Waals surface area contributed by atoms with Gasteiger partial charge in [-0.25, -0.2) is 9.59 Å². The lowest BCUT2D eigenvalue weighted by molar-refractivity contribution is 0.0954. The average molecular weight is 387 g/mol. The Morgan fingerprint density at radius 3 is 2.19 bits per heavy atom. The minimum absolute atomic E-state index is 0.0770. The fourth-order valence-corrected chi connectivity index (χ4v) is 2.45. The van der Waals surface area contributed by atoms with Crippen LogP contribution >= 0.6 is 0 Å². The lowest BCUT2D eigenvalue weighted by Crippen LogP contribution is -2.47. The molecule has 0 radical (unpaired) electrons.